The molecule has 2 heterocycles. The van der Waals surface area contributed by atoms with Gasteiger partial charge in [0.1, 0.15) is 5.54 Å². The van der Waals surface area contributed by atoms with Crippen LogP contribution in [-0.4, -0.2) is 33.7 Å². The van der Waals surface area contributed by atoms with Crippen LogP contribution in [0, 0.1) is 11.3 Å². The van der Waals surface area contributed by atoms with E-state index in [-0.39, 0.29) is 5.91 Å². The number of nitrogens with one attached hydrogen (secondary N) is 1. The van der Waals surface area contributed by atoms with Crippen LogP contribution in [0.5, 0.6) is 0 Å². The minimum atomic E-state index is -0.646. The molecule has 1 aliphatic heterocycles. The van der Waals surface area contributed by atoms with Crippen molar-refractivity contribution in [1.29, 1.82) is 5.26 Å². The summed E-state index contributed by atoms with van der Waals surface area (Å²) < 4.78 is 0. The number of hydrogen-bond donors (Lipinski definition) is 1. The Balaban J connectivity index is 1.75. The fourth-order valence-electron chi connectivity index (χ4n) is 1.81. The molecule has 1 aromatic rings. The zero-order valence-electron chi connectivity index (χ0n) is 10.5. The topological polar surface area (TPSA) is 65.8 Å². The van der Waals surface area contributed by atoms with Crippen molar-refractivity contribution < 1.29 is 4.79 Å². The molecule has 1 N–H and O–H groups in total. The Labute approximate surface area is 121 Å². The summed E-state index contributed by atoms with van der Waals surface area (Å²) >= 11 is 3.23. The van der Waals surface area contributed by atoms with Gasteiger partial charge in [0.15, 0.2) is 0 Å². The Morgan fingerprint density at radius 3 is 3.16 bits per heavy atom. The molecule has 0 saturated carbocycles. The van der Waals surface area contributed by atoms with Crippen molar-refractivity contribution in [1.82, 2.24) is 10.3 Å². The number of nitrogens with zero attached hydrogens (tertiary/aromatic N) is 2. The molecule has 1 atom stereocenters. The smallest absolute Gasteiger partial charge is 0.231 e. The maximum Gasteiger partial charge on any atom is 0.231 e. The van der Waals surface area contributed by atoms with Gasteiger partial charge in [0.25, 0.3) is 0 Å². The SMILES string of the molecule is N#C[C@]1(NC(=O)CSCc2ccccn2)CCSC1. The molecular weight excluding hydrogens is 278 g/mol. The molecule has 0 spiro atoms. The minimum absolute atomic E-state index is 0.0648. The first kappa shape index (κ1) is 14.2. The average molecular weight is 293 g/mol. The van der Waals surface area contributed by atoms with Gasteiger partial charge in [0, 0.05) is 17.7 Å². The highest BCUT2D eigenvalue weighted by atomic mass is 32.2. The molecule has 2 rings (SSSR count). The third kappa shape index (κ3) is 4.15. The lowest BCUT2D eigenvalue weighted by Gasteiger charge is -2.20. The highest BCUT2D eigenvalue weighted by Crippen LogP contribution is 2.27. The van der Waals surface area contributed by atoms with Gasteiger partial charge < -0.3 is 5.32 Å². The molecule has 19 heavy (non-hydrogen) atoms. The lowest BCUT2D eigenvalue weighted by molar-refractivity contribution is -0.119. The standard InChI is InChI=1S/C13H15N3OS2/c14-9-13(4-6-18-10-13)16-12(17)8-19-7-11-3-1-2-5-15-11/h1-3,5H,4,6-8,10H2,(H,16,17)/t13-/m1/s1. The number of nitriles is 1. The Hall–Kier alpha value is -1.19. The Morgan fingerprint density at radius 2 is 2.53 bits per heavy atom. The van der Waals surface area contributed by atoms with Gasteiger partial charge >= 0.3 is 0 Å². The van der Waals surface area contributed by atoms with Crippen LogP contribution >= 0.6 is 23.5 Å². The molecule has 0 radical (unpaired) electrons. The van der Waals surface area contributed by atoms with Crippen LogP contribution in [-0.2, 0) is 10.5 Å². The molecule has 1 aromatic heterocycles. The van der Waals surface area contributed by atoms with E-state index in [2.05, 4.69) is 16.4 Å². The summed E-state index contributed by atoms with van der Waals surface area (Å²) in [5, 5.41) is 12.0. The zero-order chi connectivity index (χ0) is 13.6. The second kappa shape index (κ2) is 6.83. The summed E-state index contributed by atoms with van der Waals surface area (Å²) in [4.78, 5) is 16.0. The number of amides is 1. The molecule has 6 heteroatoms. The number of carbonyl (C=O) groups excluding carboxylic acids is 1. The van der Waals surface area contributed by atoms with Crippen LogP contribution in [0.4, 0.5) is 0 Å². The van der Waals surface area contributed by atoms with E-state index in [0.717, 1.165) is 17.9 Å². The summed E-state index contributed by atoms with van der Waals surface area (Å²) in [5.74, 6) is 2.65. The predicted molar refractivity (Wildman–Crippen MR) is 78.8 cm³/mol. The molecule has 0 bridgehead atoms. The van der Waals surface area contributed by atoms with Crippen LogP contribution in [0.1, 0.15) is 12.1 Å². The second-order valence-corrected chi connectivity index (χ2v) is 6.45. The molecule has 1 fully saturated rings. The first-order valence-electron chi connectivity index (χ1n) is 6.02. The molecule has 1 aliphatic rings. The van der Waals surface area contributed by atoms with E-state index in [9.17, 15) is 10.1 Å². The first-order valence-corrected chi connectivity index (χ1v) is 8.33. The lowest BCUT2D eigenvalue weighted by atomic mass is 10.0. The fourth-order valence-corrected chi connectivity index (χ4v) is 3.82. The van der Waals surface area contributed by atoms with E-state index in [1.54, 1.807) is 18.0 Å². The summed E-state index contributed by atoms with van der Waals surface area (Å²) in [5.41, 5.74) is 0.319. The van der Waals surface area contributed by atoms with Crippen molar-refractivity contribution in [3.05, 3.63) is 30.1 Å². The molecule has 0 unspecified atom stereocenters. The molecule has 4 nitrogen and oxygen atoms in total. The minimum Gasteiger partial charge on any atom is -0.336 e. The maximum atomic E-state index is 11.8. The molecule has 1 amide bonds. The largest absolute Gasteiger partial charge is 0.336 e. The van der Waals surface area contributed by atoms with Gasteiger partial charge in [0.2, 0.25) is 5.91 Å². The first-order chi connectivity index (χ1) is 9.24. The van der Waals surface area contributed by atoms with Crippen molar-refractivity contribution in [3.63, 3.8) is 0 Å². The summed E-state index contributed by atoms with van der Waals surface area (Å²) in [6.07, 6.45) is 2.49. The Morgan fingerprint density at radius 1 is 1.63 bits per heavy atom. The third-order valence-electron chi connectivity index (χ3n) is 2.82. The molecule has 1 saturated heterocycles. The van der Waals surface area contributed by atoms with E-state index < -0.39 is 5.54 Å². The van der Waals surface area contributed by atoms with E-state index in [0.29, 0.717) is 17.3 Å². The van der Waals surface area contributed by atoms with Crippen LogP contribution in [0.25, 0.3) is 0 Å². The molecule has 0 aliphatic carbocycles. The van der Waals surface area contributed by atoms with Gasteiger partial charge in [-0.15, -0.1) is 11.8 Å². The van der Waals surface area contributed by atoms with Crippen LogP contribution in [0.2, 0.25) is 0 Å². The summed E-state index contributed by atoms with van der Waals surface area (Å²) in [6, 6.07) is 7.99. The van der Waals surface area contributed by atoms with Crippen LogP contribution in [0.15, 0.2) is 24.4 Å². The number of rotatable bonds is 5. The van der Waals surface area contributed by atoms with Crippen molar-refractivity contribution in [3.8, 4) is 6.07 Å². The number of hydrogen-bond acceptors (Lipinski definition) is 5. The van der Waals surface area contributed by atoms with E-state index in [1.807, 2.05) is 18.2 Å². The van der Waals surface area contributed by atoms with Gasteiger partial charge in [-0.2, -0.15) is 17.0 Å². The predicted octanol–water partition coefficient (Wildman–Crippen LogP) is 1.83. The second-order valence-electron chi connectivity index (χ2n) is 4.36. The number of carbonyl (C=O) groups is 1. The fraction of sp³-hybridized carbons (Fsp3) is 0.462. The van der Waals surface area contributed by atoms with Crippen LogP contribution < -0.4 is 5.32 Å². The van der Waals surface area contributed by atoms with Crippen molar-refractivity contribution in [2.45, 2.75) is 17.7 Å². The number of aromatic nitrogens is 1. The van der Waals surface area contributed by atoms with E-state index >= 15 is 0 Å². The Kier molecular flexibility index (Phi) is 5.11. The van der Waals surface area contributed by atoms with E-state index in [1.165, 1.54) is 11.8 Å². The third-order valence-corrected chi connectivity index (χ3v) is 4.98. The van der Waals surface area contributed by atoms with Crippen LogP contribution in [0.3, 0.4) is 0 Å². The van der Waals surface area contributed by atoms with Gasteiger partial charge in [-0.3, -0.25) is 9.78 Å². The van der Waals surface area contributed by atoms with Gasteiger partial charge in [-0.1, -0.05) is 6.07 Å². The number of thioether (sulfide) groups is 2. The molecule has 100 valence electrons. The molecule has 0 aromatic carbocycles. The van der Waals surface area contributed by atoms with Crippen molar-refractivity contribution >= 4 is 29.4 Å². The van der Waals surface area contributed by atoms with Gasteiger partial charge in [0.05, 0.1) is 17.5 Å². The van der Waals surface area contributed by atoms with Crippen molar-refractivity contribution in [2.24, 2.45) is 0 Å². The summed E-state index contributed by atoms with van der Waals surface area (Å²) in [6.45, 7) is 0. The Bertz CT molecular complexity index is 467. The monoisotopic (exact) mass is 293 g/mol. The molecular formula is C13H15N3OS2. The normalized spacial score (nSPS) is 21.8. The van der Waals surface area contributed by atoms with Gasteiger partial charge in [-0.25, -0.2) is 0 Å². The van der Waals surface area contributed by atoms with Gasteiger partial charge in [-0.05, 0) is 24.3 Å². The number of pyridine rings is 1. The maximum absolute atomic E-state index is 11.8. The zero-order valence-corrected chi connectivity index (χ0v) is 12.1. The van der Waals surface area contributed by atoms with E-state index in [4.69, 9.17) is 0 Å². The van der Waals surface area contributed by atoms with Crippen molar-refractivity contribution in [2.75, 3.05) is 17.3 Å². The highest BCUT2D eigenvalue weighted by molar-refractivity contribution is 7.99. The lowest BCUT2D eigenvalue weighted by Crippen LogP contribution is -2.48. The summed E-state index contributed by atoms with van der Waals surface area (Å²) in [7, 11) is 0. The quantitative estimate of drug-likeness (QED) is 0.897. The highest BCUT2D eigenvalue weighted by Gasteiger charge is 2.35. The average Bonchev–Trinajstić information content (AvgIpc) is 2.89.